The van der Waals surface area contributed by atoms with Crippen molar-refractivity contribution in [1.82, 2.24) is 30.0 Å². The lowest BCUT2D eigenvalue weighted by atomic mass is 9.99. The number of para-hydroxylation sites is 1. The number of aryl methyl sites for hydroxylation is 1. The van der Waals surface area contributed by atoms with Crippen LogP contribution in [0, 0.1) is 5.82 Å². The number of carbonyl (C=O) groups is 4. The van der Waals surface area contributed by atoms with Crippen molar-refractivity contribution in [3.05, 3.63) is 76.2 Å². The molecule has 3 aromatic carbocycles. The Kier molecular flexibility index (Phi) is 13.9. The first-order valence-electron chi connectivity index (χ1n) is 22.0. The van der Waals surface area contributed by atoms with Gasteiger partial charge in [-0.1, -0.05) is 24.6 Å². The molecule has 3 fully saturated rings. The molecule has 8 rings (SSSR count). The Hall–Kier alpha value is -6.45. The van der Waals surface area contributed by atoms with Gasteiger partial charge in [-0.25, -0.2) is 17.8 Å². The lowest BCUT2D eigenvalue weighted by molar-refractivity contribution is -0.137. The number of amides is 4. The fourth-order valence-electron chi connectivity index (χ4n) is 9.19. The zero-order valence-electron chi connectivity index (χ0n) is 37.6. The maximum Gasteiger partial charge on any atom is 0.255 e. The van der Waals surface area contributed by atoms with Crippen molar-refractivity contribution in [2.45, 2.75) is 57.7 Å². The molecular weight excluding hydrogens is 909 g/mol. The summed E-state index contributed by atoms with van der Waals surface area (Å²) in [7, 11) is -0.605. The molecule has 22 heteroatoms. The van der Waals surface area contributed by atoms with Crippen molar-refractivity contribution < 1.29 is 41.5 Å². The molecule has 5 N–H and O–H groups in total. The molecule has 356 valence electrons. The quantitative estimate of drug-likeness (QED) is 0.102. The fourth-order valence-corrected chi connectivity index (χ4v) is 9.91. The van der Waals surface area contributed by atoms with Crippen molar-refractivity contribution in [2.24, 2.45) is 0 Å². The SMILES string of the molecule is CCc1cc(Nc2ncc(Cl)c(Nc3cccc(OC)c3NS(C)(=O)=O)n2)c(OC)cc1N1CCC(N2CCN(C(=O)CNc3cc(F)cc4c3CN(C3CCC(=O)NC3=O)C4=O)CC2)CC1. The van der Waals surface area contributed by atoms with Crippen LogP contribution in [0.3, 0.4) is 0 Å². The highest BCUT2D eigenvalue weighted by molar-refractivity contribution is 7.92. The number of halogens is 2. The Morgan fingerprint density at radius 2 is 1.69 bits per heavy atom. The third-order valence-corrected chi connectivity index (χ3v) is 13.4. The molecule has 1 aromatic heterocycles. The summed E-state index contributed by atoms with van der Waals surface area (Å²) in [6.07, 6.45) is 5.41. The first kappa shape index (κ1) is 47.1. The Morgan fingerprint density at radius 1 is 0.940 bits per heavy atom. The Morgan fingerprint density at radius 3 is 2.37 bits per heavy atom. The van der Waals surface area contributed by atoms with E-state index in [1.807, 2.05) is 12.1 Å². The second kappa shape index (κ2) is 19.8. The maximum atomic E-state index is 14.7. The molecule has 0 aliphatic carbocycles. The van der Waals surface area contributed by atoms with Gasteiger partial charge < -0.3 is 40.1 Å². The summed E-state index contributed by atoms with van der Waals surface area (Å²) in [6.45, 7) is 6.27. The highest BCUT2D eigenvalue weighted by atomic mass is 35.5. The molecule has 0 saturated carbocycles. The number of nitrogens with one attached hydrogen (secondary N) is 5. The monoisotopic (exact) mass is 961 g/mol. The van der Waals surface area contributed by atoms with Gasteiger partial charge in [0.05, 0.1) is 44.6 Å². The van der Waals surface area contributed by atoms with Crippen LogP contribution < -0.4 is 40.4 Å². The summed E-state index contributed by atoms with van der Waals surface area (Å²) in [5, 5.41) is 11.9. The first-order chi connectivity index (χ1) is 32.1. The molecule has 1 atom stereocenters. The van der Waals surface area contributed by atoms with Crippen LogP contribution in [0.2, 0.25) is 5.02 Å². The third-order valence-electron chi connectivity index (χ3n) is 12.6. The summed E-state index contributed by atoms with van der Waals surface area (Å²) in [5.74, 6) is -0.835. The van der Waals surface area contributed by atoms with E-state index in [1.165, 1.54) is 24.3 Å². The van der Waals surface area contributed by atoms with Crippen LogP contribution in [0.1, 0.15) is 54.1 Å². The number of benzene rings is 3. The van der Waals surface area contributed by atoms with Crippen molar-refractivity contribution >= 4 is 85.5 Å². The lowest BCUT2D eigenvalue weighted by Crippen LogP contribution is -2.55. The van der Waals surface area contributed by atoms with Crippen molar-refractivity contribution in [3.63, 3.8) is 0 Å². The van der Waals surface area contributed by atoms with E-state index < -0.39 is 33.7 Å². The Balaban J connectivity index is 0.853. The molecule has 3 saturated heterocycles. The number of rotatable bonds is 15. The second-order valence-corrected chi connectivity index (χ2v) is 19.0. The fraction of sp³-hybridized carbons (Fsp3) is 0.422. The number of carbonyl (C=O) groups excluding carboxylic acids is 4. The smallest absolute Gasteiger partial charge is 0.255 e. The van der Waals surface area contributed by atoms with Crippen molar-refractivity contribution in [3.8, 4) is 11.5 Å². The molecular formula is C45H53ClFN11O8S. The van der Waals surface area contributed by atoms with Gasteiger partial charge in [-0.15, -0.1) is 0 Å². The zero-order chi connectivity index (χ0) is 47.6. The van der Waals surface area contributed by atoms with Gasteiger partial charge in [0.25, 0.3) is 5.91 Å². The minimum atomic E-state index is -3.65. The molecule has 19 nitrogen and oxygen atoms in total. The van der Waals surface area contributed by atoms with Crippen LogP contribution in [0.5, 0.6) is 11.5 Å². The molecule has 4 aliphatic rings. The first-order valence-corrected chi connectivity index (χ1v) is 24.3. The van der Waals surface area contributed by atoms with E-state index in [2.05, 4.69) is 52.7 Å². The van der Waals surface area contributed by atoms with Gasteiger partial charge in [0.2, 0.25) is 33.7 Å². The summed E-state index contributed by atoms with van der Waals surface area (Å²) in [6, 6.07) is 11.0. The van der Waals surface area contributed by atoms with Crippen LogP contribution >= 0.6 is 11.6 Å². The largest absolute Gasteiger partial charge is 0.494 e. The van der Waals surface area contributed by atoms with Crippen LogP contribution in [0.15, 0.2) is 48.7 Å². The van der Waals surface area contributed by atoms with Gasteiger partial charge in [0.15, 0.2) is 5.82 Å². The number of ether oxygens (including phenoxy) is 2. The lowest BCUT2D eigenvalue weighted by Gasteiger charge is -2.43. The minimum Gasteiger partial charge on any atom is -0.494 e. The van der Waals surface area contributed by atoms with E-state index in [1.54, 1.807) is 30.2 Å². The van der Waals surface area contributed by atoms with Crippen LogP contribution in [0.25, 0.3) is 0 Å². The second-order valence-electron chi connectivity index (χ2n) is 16.8. The number of aromatic nitrogens is 2. The van der Waals surface area contributed by atoms with E-state index in [9.17, 15) is 32.0 Å². The zero-order valence-corrected chi connectivity index (χ0v) is 39.2. The molecule has 5 heterocycles. The molecule has 0 radical (unpaired) electrons. The van der Waals surface area contributed by atoms with E-state index >= 15 is 0 Å². The normalized spacial score (nSPS) is 18.1. The van der Waals surface area contributed by atoms with Crippen LogP contribution in [0.4, 0.5) is 44.6 Å². The number of hydrogen-bond donors (Lipinski definition) is 5. The summed E-state index contributed by atoms with van der Waals surface area (Å²) in [5.41, 5.74) is 4.38. The van der Waals surface area contributed by atoms with E-state index in [0.29, 0.717) is 53.3 Å². The number of hydrogen-bond acceptors (Lipinski definition) is 15. The molecule has 4 amide bonds. The molecule has 67 heavy (non-hydrogen) atoms. The summed E-state index contributed by atoms with van der Waals surface area (Å²) < 4.78 is 52.8. The number of sulfonamides is 1. The summed E-state index contributed by atoms with van der Waals surface area (Å²) >= 11 is 6.51. The predicted octanol–water partition coefficient (Wildman–Crippen LogP) is 4.69. The topological polar surface area (TPSA) is 220 Å². The average Bonchev–Trinajstić information content (AvgIpc) is 3.64. The number of imide groups is 1. The molecule has 1 unspecified atom stereocenters. The van der Waals surface area contributed by atoms with Gasteiger partial charge in [0, 0.05) is 86.8 Å². The van der Waals surface area contributed by atoms with Crippen LogP contribution in [-0.2, 0) is 37.4 Å². The number of anilines is 7. The number of piperidine rings is 2. The van der Waals surface area contributed by atoms with Gasteiger partial charge in [-0.3, -0.25) is 34.1 Å². The van der Waals surface area contributed by atoms with Gasteiger partial charge in [0.1, 0.15) is 34.1 Å². The van der Waals surface area contributed by atoms with E-state index in [0.717, 1.165) is 69.0 Å². The van der Waals surface area contributed by atoms with E-state index in [4.69, 9.17) is 21.1 Å². The highest BCUT2D eigenvalue weighted by Gasteiger charge is 2.40. The number of nitrogens with zero attached hydrogens (tertiary/aromatic N) is 6. The van der Waals surface area contributed by atoms with E-state index in [-0.39, 0.29) is 65.8 Å². The van der Waals surface area contributed by atoms with Crippen LogP contribution in [-0.4, -0.2) is 135 Å². The Labute approximate surface area is 392 Å². The average molecular weight is 963 g/mol. The number of fused-ring (bicyclic) bond motifs is 1. The standard InChI is InChI=1S/C45H53ClFN11O8S/c1-5-26-19-34(51-45-49-23-31(46)42(53-45)50-32-7-6-8-37(65-2)41(32)54-67(4,63)64)38(66-3)22-36(26)56-13-11-28(12-14-56)55-15-17-57(18-16-55)40(60)24-48-33-21-27(47)20-29-30(33)25-58(44(29)62)35-9-10-39(59)52-43(35)61/h6-8,19-23,28,35,48,54H,5,9-18,24-25H2,1-4H3,(H,52,59,61)(H2,49,50,51,53). The third kappa shape index (κ3) is 10.4. The highest BCUT2D eigenvalue weighted by Crippen LogP contribution is 2.39. The molecule has 0 bridgehead atoms. The minimum absolute atomic E-state index is 0.0647. The van der Waals surface area contributed by atoms with Gasteiger partial charge >= 0.3 is 0 Å². The summed E-state index contributed by atoms with van der Waals surface area (Å²) in [4.78, 5) is 67.8. The molecule has 4 aliphatic heterocycles. The Bertz CT molecular complexity index is 2700. The number of methoxy groups -OCH3 is 2. The van der Waals surface area contributed by atoms with Gasteiger partial charge in [-0.05, 0) is 61.6 Å². The predicted molar refractivity (Wildman–Crippen MR) is 252 cm³/mol. The van der Waals surface area contributed by atoms with Crippen molar-refractivity contribution in [2.75, 3.05) is 91.9 Å². The van der Waals surface area contributed by atoms with Crippen molar-refractivity contribution in [1.29, 1.82) is 0 Å². The maximum absolute atomic E-state index is 14.7. The molecule has 0 spiro atoms. The van der Waals surface area contributed by atoms with Gasteiger partial charge in [-0.2, -0.15) is 4.98 Å². The molecule has 4 aromatic rings. The number of piperazine rings is 1.